The Bertz CT molecular complexity index is 993. The molecule has 2 aromatic rings. The summed E-state index contributed by atoms with van der Waals surface area (Å²) < 4.78 is 33.1. The Hall–Kier alpha value is -2.38. The maximum Gasteiger partial charge on any atom is 0.243 e. The van der Waals surface area contributed by atoms with Crippen LogP contribution in [0.5, 0.6) is 5.75 Å². The average Bonchev–Trinajstić information content (AvgIpc) is 2.71. The van der Waals surface area contributed by atoms with E-state index in [0.29, 0.717) is 18.7 Å². The molecule has 6 nitrogen and oxygen atoms in total. The fraction of sp³-hybridized carbons (Fsp3) is 0.435. The standard InChI is InChI=1S/C23H30N2O4S/c1-16-13-17(2)23(18(3)14-16)24-22(26)15-19-7-5-6-12-25(19)30(27,28)21-10-8-20(29-4)9-11-21/h8-11,13-14,19H,5-7,12,15H2,1-4H3,(H,24,26). The molecule has 1 aliphatic rings. The zero-order valence-electron chi connectivity index (χ0n) is 18.1. The fourth-order valence-corrected chi connectivity index (χ4v) is 5.85. The third-order valence-corrected chi connectivity index (χ3v) is 7.57. The minimum Gasteiger partial charge on any atom is -0.497 e. The molecular formula is C23H30N2O4S. The van der Waals surface area contributed by atoms with Crippen LogP contribution in [0.1, 0.15) is 42.4 Å². The molecule has 30 heavy (non-hydrogen) atoms. The third kappa shape index (κ3) is 4.84. The minimum atomic E-state index is -3.68. The lowest BCUT2D eigenvalue weighted by Gasteiger charge is -2.34. The van der Waals surface area contributed by atoms with E-state index in [4.69, 9.17) is 4.74 Å². The molecule has 162 valence electrons. The van der Waals surface area contributed by atoms with Gasteiger partial charge in [0.2, 0.25) is 15.9 Å². The van der Waals surface area contributed by atoms with Crippen LogP contribution in [0.3, 0.4) is 0 Å². The van der Waals surface area contributed by atoms with Crippen LogP contribution in [0.2, 0.25) is 0 Å². The van der Waals surface area contributed by atoms with Crippen molar-refractivity contribution in [2.75, 3.05) is 19.0 Å². The lowest BCUT2D eigenvalue weighted by Crippen LogP contribution is -2.45. The molecule has 1 fully saturated rings. The largest absolute Gasteiger partial charge is 0.497 e. The average molecular weight is 431 g/mol. The first-order valence-electron chi connectivity index (χ1n) is 10.3. The van der Waals surface area contributed by atoms with E-state index in [1.165, 1.54) is 4.31 Å². The molecule has 0 aromatic heterocycles. The van der Waals surface area contributed by atoms with Crippen molar-refractivity contribution < 1.29 is 17.9 Å². The van der Waals surface area contributed by atoms with Gasteiger partial charge in [0.1, 0.15) is 5.75 Å². The molecule has 1 atom stereocenters. The van der Waals surface area contributed by atoms with E-state index < -0.39 is 10.0 Å². The Kier molecular flexibility index (Phi) is 6.83. The van der Waals surface area contributed by atoms with Crippen LogP contribution in [0.25, 0.3) is 0 Å². The fourth-order valence-electron chi connectivity index (χ4n) is 4.16. The summed E-state index contributed by atoms with van der Waals surface area (Å²) in [6.45, 7) is 6.39. The third-order valence-electron chi connectivity index (χ3n) is 5.60. The molecule has 0 aliphatic carbocycles. The molecule has 1 heterocycles. The first-order chi connectivity index (χ1) is 14.2. The van der Waals surface area contributed by atoms with Crippen molar-refractivity contribution in [2.45, 2.75) is 57.4 Å². The van der Waals surface area contributed by atoms with E-state index in [1.807, 2.05) is 32.9 Å². The monoisotopic (exact) mass is 430 g/mol. The highest BCUT2D eigenvalue weighted by molar-refractivity contribution is 7.89. The number of ether oxygens (including phenoxy) is 1. The first kappa shape index (κ1) is 22.3. The number of piperidine rings is 1. The number of hydrogen-bond donors (Lipinski definition) is 1. The summed E-state index contributed by atoms with van der Waals surface area (Å²) in [6, 6.07) is 10.1. The molecule has 0 bridgehead atoms. The topological polar surface area (TPSA) is 75.7 Å². The Labute approximate surface area is 179 Å². The normalized spacial score (nSPS) is 17.5. The van der Waals surface area contributed by atoms with Gasteiger partial charge in [-0.15, -0.1) is 0 Å². The molecule has 7 heteroatoms. The number of amides is 1. The second-order valence-corrected chi connectivity index (χ2v) is 9.86. The highest BCUT2D eigenvalue weighted by Crippen LogP contribution is 2.29. The van der Waals surface area contributed by atoms with Crippen LogP contribution in [-0.4, -0.2) is 38.3 Å². The molecule has 1 aliphatic heterocycles. The van der Waals surface area contributed by atoms with Gasteiger partial charge in [-0.25, -0.2) is 8.42 Å². The molecule has 1 unspecified atom stereocenters. The zero-order valence-corrected chi connectivity index (χ0v) is 18.9. The van der Waals surface area contributed by atoms with E-state index in [9.17, 15) is 13.2 Å². The van der Waals surface area contributed by atoms with Crippen molar-refractivity contribution in [1.82, 2.24) is 4.31 Å². The number of carbonyl (C=O) groups is 1. The van der Waals surface area contributed by atoms with E-state index in [1.54, 1.807) is 31.4 Å². The molecule has 0 radical (unpaired) electrons. The highest BCUT2D eigenvalue weighted by atomic mass is 32.2. The van der Waals surface area contributed by atoms with Crippen LogP contribution in [0.15, 0.2) is 41.3 Å². The van der Waals surface area contributed by atoms with Crippen molar-refractivity contribution in [2.24, 2.45) is 0 Å². The quantitative estimate of drug-likeness (QED) is 0.745. The molecule has 1 saturated heterocycles. The Morgan fingerprint density at radius 1 is 1.10 bits per heavy atom. The molecular weight excluding hydrogens is 400 g/mol. The number of methoxy groups -OCH3 is 1. The van der Waals surface area contributed by atoms with Crippen LogP contribution < -0.4 is 10.1 Å². The predicted molar refractivity (Wildman–Crippen MR) is 118 cm³/mol. The van der Waals surface area contributed by atoms with E-state index in [2.05, 4.69) is 5.32 Å². The Morgan fingerprint density at radius 3 is 2.33 bits per heavy atom. The number of carbonyl (C=O) groups excluding carboxylic acids is 1. The summed E-state index contributed by atoms with van der Waals surface area (Å²) in [4.78, 5) is 13.0. The van der Waals surface area contributed by atoms with Crippen LogP contribution in [0.4, 0.5) is 5.69 Å². The van der Waals surface area contributed by atoms with E-state index in [-0.39, 0.29) is 23.3 Å². The van der Waals surface area contributed by atoms with Gasteiger partial charge in [-0.05, 0) is 69.0 Å². The van der Waals surface area contributed by atoms with E-state index >= 15 is 0 Å². The molecule has 3 rings (SSSR count). The first-order valence-corrected chi connectivity index (χ1v) is 11.7. The molecule has 2 aromatic carbocycles. The number of anilines is 1. The molecule has 0 saturated carbocycles. The van der Waals surface area contributed by atoms with Gasteiger partial charge in [0.15, 0.2) is 0 Å². The summed E-state index contributed by atoms with van der Waals surface area (Å²) in [5.74, 6) is 0.444. The number of nitrogens with zero attached hydrogens (tertiary/aromatic N) is 1. The smallest absolute Gasteiger partial charge is 0.243 e. The summed E-state index contributed by atoms with van der Waals surface area (Å²) in [6.07, 6.45) is 2.52. The number of benzene rings is 2. The van der Waals surface area contributed by atoms with Gasteiger partial charge in [0, 0.05) is 24.7 Å². The van der Waals surface area contributed by atoms with Crippen molar-refractivity contribution in [3.05, 3.63) is 53.1 Å². The van der Waals surface area contributed by atoms with Gasteiger partial charge in [0.05, 0.1) is 12.0 Å². The maximum atomic E-state index is 13.2. The lowest BCUT2D eigenvalue weighted by molar-refractivity contribution is -0.117. The summed E-state index contributed by atoms with van der Waals surface area (Å²) in [7, 11) is -2.14. The van der Waals surface area contributed by atoms with Gasteiger partial charge >= 0.3 is 0 Å². The van der Waals surface area contributed by atoms with Gasteiger partial charge in [-0.1, -0.05) is 24.1 Å². The van der Waals surface area contributed by atoms with E-state index in [0.717, 1.165) is 35.2 Å². The number of aryl methyl sites for hydroxylation is 3. The van der Waals surface area contributed by atoms with Gasteiger partial charge < -0.3 is 10.1 Å². The number of nitrogens with one attached hydrogen (secondary N) is 1. The van der Waals surface area contributed by atoms with Gasteiger partial charge in [-0.3, -0.25) is 4.79 Å². The number of rotatable bonds is 6. The lowest BCUT2D eigenvalue weighted by atomic mass is 10.0. The number of sulfonamides is 1. The van der Waals surface area contributed by atoms with Gasteiger partial charge in [-0.2, -0.15) is 4.31 Å². The van der Waals surface area contributed by atoms with Crippen molar-refractivity contribution in [3.63, 3.8) is 0 Å². The van der Waals surface area contributed by atoms with Crippen LogP contribution >= 0.6 is 0 Å². The van der Waals surface area contributed by atoms with Crippen LogP contribution in [-0.2, 0) is 14.8 Å². The predicted octanol–water partition coefficient (Wildman–Crippen LogP) is 4.19. The second-order valence-electron chi connectivity index (χ2n) is 7.97. The zero-order chi connectivity index (χ0) is 21.9. The van der Waals surface area contributed by atoms with Crippen LogP contribution in [0, 0.1) is 20.8 Å². The molecule has 1 amide bonds. The summed E-state index contributed by atoms with van der Waals surface area (Å²) >= 11 is 0. The van der Waals surface area contributed by atoms with Crippen molar-refractivity contribution >= 4 is 21.6 Å². The number of hydrogen-bond acceptors (Lipinski definition) is 4. The highest BCUT2D eigenvalue weighted by Gasteiger charge is 2.34. The van der Waals surface area contributed by atoms with Gasteiger partial charge in [0.25, 0.3) is 0 Å². The Balaban J connectivity index is 1.77. The van der Waals surface area contributed by atoms with Crippen molar-refractivity contribution in [3.8, 4) is 5.75 Å². The Morgan fingerprint density at radius 2 is 1.73 bits per heavy atom. The maximum absolute atomic E-state index is 13.2. The SMILES string of the molecule is COc1ccc(S(=O)(=O)N2CCCCC2CC(=O)Nc2c(C)cc(C)cc2C)cc1. The van der Waals surface area contributed by atoms with Crippen molar-refractivity contribution in [1.29, 1.82) is 0 Å². The minimum absolute atomic E-state index is 0.141. The summed E-state index contributed by atoms with van der Waals surface area (Å²) in [5.41, 5.74) is 3.97. The molecule has 1 N–H and O–H groups in total. The summed E-state index contributed by atoms with van der Waals surface area (Å²) in [5, 5.41) is 3.00. The second kappa shape index (κ2) is 9.18. The molecule has 0 spiro atoms.